The van der Waals surface area contributed by atoms with Crippen molar-refractivity contribution in [1.29, 1.82) is 0 Å². The first-order valence-corrected chi connectivity index (χ1v) is 9.77. The number of carbonyl (C=O) groups is 2. The lowest BCUT2D eigenvalue weighted by atomic mass is 10.1. The summed E-state index contributed by atoms with van der Waals surface area (Å²) in [5.41, 5.74) is 2.79. The van der Waals surface area contributed by atoms with Crippen LogP contribution in [0.4, 0.5) is 0 Å². The highest BCUT2D eigenvalue weighted by molar-refractivity contribution is 5.80. The molecule has 3 aromatic rings. The summed E-state index contributed by atoms with van der Waals surface area (Å²) in [6.45, 7) is 2.11. The molecule has 9 heteroatoms. The highest BCUT2D eigenvalue weighted by Crippen LogP contribution is 2.32. The molecule has 2 heterocycles. The van der Waals surface area contributed by atoms with E-state index in [1.54, 1.807) is 12.1 Å². The summed E-state index contributed by atoms with van der Waals surface area (Å²) in [6.07, 6.45) is 0.265. The number of nitrogens with one attached hydrogen (secondary N) is 1. The van der Waals surface area contributed by atoms with E-state index in [2.05, 4.69) is 15.5 Å². The zero-order chi connectivity index (χ0) is 21.6. The lowest BCUT2D eigenvalue weighted by Gasteiger charge is -2.07. The van der Waals surface area contributed by atoms with Gasteiger partial charge in [0, 0.05) is 18.5 Å². The molecule has 0 saturated heterocycles. The first kappa shape index (κ1) is 20.4. The molecule has 1 aromatic heterocycles. The molecule has 9 nitrogen and oxygen atoms in total. The smallest absolute Gasteiger partial charge is 0.306 e. The number of esters is 1. The van der Waals surface area contributed by atoms with Crippen molar-refractivity contribution < 1.29 is 28.2 Å². The number of nitrogens with zero attached hydrogens (tertiary/aromatic N) is 2. The number of amides is 1. The van der Waals surface area contributed by atoms with Crippen molar-refractivity contribution >= 4 is 11.9 Å². The zero-order valence-corrected chi connectivity index (χ0v) is 16.9. The Kier molecular flexibility index (Phi) is 6.11. The van der Waals surface area contributed by atoms with Crippen LogP contribution in [0.2, 0.25) is 0 Å². The number of ether oxygens (including phenoxy) is 3. The lowest BCUT2D eigenvalue weighted by Crippen LogP contribution is -2.28. The van der Waals surface area contributed by atoms with E-state index in [1.165, 1.54) is 0 Å². The minimum atomic E-state index is -0.520. The third-order valence-electron chi connectivity index (χ3n) is 4.60. The van der Waals surface area contributed by atoms with Gasteiger partial charge < -0.3 is 23.9 Å². The normalized spacial score (nSPS) is 11.9. The minimum Gasteiger partial charge on any atom is -0.456 e. The average Bonchev–Trinajstić information content (AvgIpc) is 3.44. The van der Waals surface area contributed by atoms with Crippen molar-refractivity contribution in [3.63, 3.8) is 0 Å². The van der Waals surface area contributed by atoms with E-state index in [0.717, 1.165) is 16.7 Å². The highest BCUT2D eigenvalue weighted by Gasteiger charge is 2.15. The molecule has 160 valence electrons. The molecular formula is C22H21N3O6. The van der Waals surface area contributed by atoms with Crippen LogP contribution < -0.4 is 14.8 Å². The van der Waals surface area contributed by atoms with Crippen LogP contribution in [0.1, 0.15) is 23.4 Å². The lowest BCUT2D eigenvalue weighted by molar-refractivity contribution is -0.148. The molecule has 2 aromatic carbocycles. The summed E-state index contributed by atoms with van der Waals surface area (Å²) in [5, 5.41) is 10.6. The fourth-order valence-corrected chi connectivity index (χ4v) is 2.90. The Bertz CT molecular complexity index is 1080. The van der Waals surface area contributed by atoms with Gasteiger partial charge in [0.15, 0.2) is 18.1 Å². The molecule has 0 fully saturated rings. The summed E-state index contributed by atoms with van der Waals surface area (Å²) in [5.74, 6) is 1.13. The number of fused-ring (bicyclic) bond motifs is 1. The fraction of sp³-hybridized carbons (Fsp3) is 0.273. The number of carbonyl (C=O) groups excluding carboxylic acids is 2. The first-order chi connectivity index (χ1) is 15.1. The molecule has 0 spiro atoms. The van der Waals surface area contributed by atoms with Crippen molar-refractivity contribution in [2.45, 2.75) is 26.3 Å². The SMILES string of the molecule is Cc1ccc(-c2nnc(CCC(=O)OCC(=O)NCc3ccc4c(c3)OCO4)o2)cc1. The van der Waals surface area contributed by atoms with E-state index in [1.807, 2.05) is 37.3 Å². The predicted octanol–water partition coefficient (Wildman–Crippen LogP) is 2.57. The quantitative estimate of drug-likeness (QED) is 0.550. The number of rotatable bonds is 8. The Morgan fingerprint density at radius 1 is 1.06 bits per heavy atom. The second-order valence-electron chi connectivity index (χ2n) is 6.99. The van der Waals surface area contributed by atoms with Crippen LogP contribution in [0.3, 0.4) is 0 Å². The molecule has 31 heavy (non-hydrogen) atoms. The van der Waals surface area contributed by atoms with Gasteiger partial charge >= 0.3 is 5.97 Å². The van der Waals surface area contributed by atoms with E-state index in [-0.39, 0.29) is 32.8 Å². The molecule has 0 saturated carbocycles. The van der Waals surface area contributed by atoms with E-state index in [0.29, 0.717) is 23.3 Å². The Morgan fingerprint density at radius 2 is 1.87 bits per heavy atom. The first-order valence-electron chi connectivity index (χ1n) is 9.77. The number of aromatic nitrogens is 2. The van der Waals surface area contributed by atoms with Gasteiger partial charge in [0.05, 0.1) is 6.42 Å². The molecule has 0 unspecified atom stereocenters. The van der Waals surface area contributed by atoms with E-state index >= 15 is 0 Å². The van der Waals surface area contributed by atoms with Crippen LogP contribution in [-0.4, -0.2) is 35.5 Å². The van der Waals surface area contributed by atoms with Crippen LogP contribution in [0.15, 0.2) is 46.9 Å². The number of hydrogen-bond donors (Lipinski definition) is 1. The summed E-state index contributed by atoms with van der Waals surface area (Å²) in [6, 6.07) is 13.1. The van der Waals surface area contributed by atoms with Gasteiger partial charge in [-0.1, -0.05) is 23.8 Å². The van der Waals surface area contributed by atoms with Crippen molar-refractivity contribution in [1.82, 2.24) is 15.5 Å². The van der Waals surface area contributed by atoms with Crippen LogP contribution in [0.5, 0.6) is 11.5 Å². The van der Waals surface area contributed by atoms with Gasteiger partial charge in [-0.2, -0.15) is 0 Å². The minimum absolute atomic E-state index is 0.0327. The number of benzene rings is 2. The van der Waals surface area contributed by atoms with Gasteiger partial charge in [0.2, 0.25) is 18.6 Å². The largest absolute Gasteiger partial charge is 0.456 e. The van der Waals surface area contributed by atoms with E-state index < -0.39 is 11.9 Å². The van der Waals surface area contributed by atoms with Crippen LogP contribution in [0.25, 0.3) is 11.5 Å². The Morgan fingerprint density at radius 3 is 2.71 bits per heavy atom. The molecule has 0 radical (unpaired) electrons. The van der Waals surface area contributed by atoms with Crippen molar-refractivity contribution in [2.24, 2.45) is 0 Å². The third-order valence-corrected chi connectivity index (χ3v) is 4.60. The molecule has 1 amide bonds. The van der Waals surface area contributed by atoms with Crippen molar-refractivity contribution in [3.8, 4) is 23.0 Å². The maximum atomic E-state index is 11.9. The van der Waals surface area contributed by atoms with Gasteiger partial charge in [0.1, 0.15) is 0 Å². The highest BCUT2D eigenvalue weighted by atomic mass is 16.7. The van der Waals surface area contributed by atoms with Crippen LogP contribution >= 0.6 is 0 Å². The number of aryl methyl sites for hydroxylation is 2. The van der Waals surface area contributed by atoms with Gasteiger partial charge in [-0.3, -0.25) is 9.59 Å². The molecule has 1 aliphatic rings. The Labute approximate surface area is 178 Å². The Balaban J connectivity index is 1.17. The molecule has 0 bridgehead atoms. The third kappa shape index (κ3) is 5.39. The van der Waals surface area contributed by atoms with Crippen LogP contribution in [0, 0.1) is 6.92 Å². The molecular weight excluding hydrogens is 402 g/mol. The average molecular weight is 423 g/mol. The molecule has 1 aliphatic heterocycles. The van der Waals surface area contributed by atoms with Gasteiger partial charge in [-0.15, -0.1) is 10.2 Å². The van der Waals surface area contributed by atoms with Gasteiger partial charge in [-0.05, 0) is 36.8 Å². The standard InChI is InChI=1S/C22H21N3O6/c1-14-2-5-16(6-3-14)22-25-24-20(31-22)8-9-21(27)28-12-19(26)23-11-15-4-7-17-18(10-15)30-13-29-17/h2-7,10H,8-9,11-13H2,1H3,(H,23,26). The van der Waals surface area contributed by atoms with Crippen molar-refractivity contribution in [3.05, 3.63) is 59.5 Å². The maximum Gasteiger partial charge on any atom is 0.306 e. The molecule has 1 N–H and O–H groups in total. The second-order valence-corrected chi connectivity index (χ2v) is 6.99. The predicted molar refractivity (Wildman–Crippen MR) is 108 cm³/mol. The maximum absolute atomic E-state index is 11.9. The van der Waals surface area contributed by atoms with Crippen molar-refractivity contribution in [2.75, 3.05) is 13.4 Å². The fourth-order valence-electron chi connectivity index (χ4n) is 2.90. The van der Waals surface area contributed by atoms with E-state index in [9.17, 15) is 9.59 Å². The summed E-state index contributed by atoms with van der Waals surface area (Å²) >= 11 is 0. The Hall–Kier alpha value is -3.88. The molecule has 4 rings (SSSR count). The second kappa shape index (κ2) is 9.29. The van der Waals surface area contributed by atoms with Gasteiger partial charge in [-0.25, -0.2) is 0 Å². The summed E-state index contributed by atoms with van der Waals surface area (Å²) in [4.78, 5) is 23.8. The van der Waals surface area contributed by atoms with E-state index in [4.69, 9.17) is 18.6 Å². The zero-order valence-electron chi connectivity index (χ0n) is 16.9. The summed E-state index contributed by atoms with van der Waals surface area (Å²) in [7, 11) is 0. The molecule has 0 aliphatic carbocycles. The topological polar surface area (TPSA) is 113 Å². The monoisotopic (exact) mass is 423 g/mol. The number of hydrogen-bond acceptors (Lipinski definition) is 8. The molecule has 0 atom stereocenters. The van der Waals surface area contributed by atoms with Gasteiger partial charge in [0.25, 0.3) is 5.91 Å². The van der Waals surface area contributed by atoms with Crippen LogP contribution in [-0.2, 0) is 27.3 Å². The summed E-state index contributed by atoms with van der Waals surface area (Å²) < 4.78 is 21.1.